The van der Waals surface area contributed by atoms with Gasteiger partial charge in [-0.1, -0.05) is 71.4 Å². The zero-order valence-electron chi connectivity index (χ0n) is 14.1. The monoisotopic (exact) mass is 416 g/mol. The van der Waals surface area contributed by atoms with Crippen LogP contribution >= 0.6 is 35.0 Å². The van der Waals surface area contributed by atoms with Crippen molar-refractivity contribution in [3.05, 3.63) is 82.2 Å². The van der Waals surface area contributed by atoms with E-state index in [1.165, 1.54) is 17.1 Å². The van der Waals surface area contributed by atoms with Crippen LogP contribution in [-0.2, 0) is 12.4 Å². The summed E-state index contributed by atoms with van der Waals surface area (Å²) in [5.74, 6) is 1.85. The Bertz CT molecular complexity index is 1080. The highest BCUT2D eigenvalue weighted by molar-refractivity contribution is 7.98. The lowest BCUT2D eigenvalue weighted by atomic mass is 10.1. The smallest absolute Gasteiger partial charge is 0.277 e. The minimum atomic E-state index is 0.221. The van der Waals surface area contributed by atoms with Crippen molar-refractivity contribution in [1.29, 1.82) is 0 Å². The van der Waals surface area contributed by atoms with Crippen molar-refractivity contribution >= 4 is 45.7 Å². The largest absolute Gasteiger partial charge is 0.484 e. The van der Waals surface area contributed by atoms with Crippen molar-refractivity contribution < 1.29 is 9.15 Å². The molecule has 0 fully saturated rings. The number of nitrogens with zero attached hydrogens (tertiary/aromatic N) is 2. The molecule has 1 aromatic heterocycles. The van der Waals surface area contributed by atoms with Gasteiger partial charge < -0.3 is 9.15 Å². The third-order valence-corrected chi connectivity index (χ3v) is 5.51. The van der Waals surface area contributed by atoms with Gasteiger partial charge >= 0.3 is 0 Å². The molecule has 0 unspecified atom stereocenters. The van der Waals surface area contributed by atoms with E-state index in [9.17, 15) is 0 Å². The molecule has 0 aliphatic carbocycles. The van der Waals surface area contributed by atoms with Gasteiger partial charge in [-0.2, -0.15) is 0 Å². The average molecular weight is 417 g/mol. The molecule has 3 aromatic carbocycles. The molecular formula is C20H14Cl2N2O2S. The zero-order valence-corrected chi connectivity index (χ0v) is 16.4. The lowest BCUT2D eigenvalue weighted by molar-refractivity contribution is 0.252. The van der Waals surface area contributed by atoms with E-state index in [0.717, 1.165) is 16.7 Å². The van der Waals surface area contributed by atoms with Crippen LogP contribution in [0.4, 0.5) is 0 Å². The van der Waals surface area contributed by atoms with Crippen molar-refractivity contribution in [1.82, 2.24) is 10.2 Å². The predicted octanol–water partition coefficient (Wildman–Crippen LogP) is 6.40. The van der Waals surface area contributed by atoms with Crippen LogP contribution in [-0.4, -0.2) is 10.2 Å². The Kier molecular flexibility index (Phi) is 5.53. The van der Waals surface area contributed by atoms with Crippen LogP contribution in [0.25, 0.3) is 10.8 Å². The van der Waals surface area contributed by atoms with E-state index in [0.29, 0.717) is 26.9 Å². The fourth-order valence-corrected chi connectivity index (χ4v) is 3.58. The number of hydrogen-bond donors (Lipinski definition) is 0. The molecule has 0 saturated carbocycles. The molecule has 4 aromatic rings. The SMILES string of the molecule is Clc1ccc(CSc2nnc(COc3ccc4ccccc4c3)o2)cc1Cl. The van der Waals surface area contributed by atoms with Crippen molar-refractivity contribution in [3.63, 3.8) is 0 Å². The van der Waals surface area contributed by atoms with Crippen molar-refractivity contribution in [2.24, 2.45) is 0 Å². The van der Waals surface area contributed by atoms with Gasteiger partial charge in [0.05, 0.1) is 10.0 Å². The number of rotatable bonds is 6. The van der Waals surface area contributed by atoms with Crippen molar-refractivity contribution in [3.8, 4) is 5.75 Å². The van der Waals surface area contributed by atoms with E-state index in [4.69, 9.17) is 32.4 Å². The minimum Gasteiger partial charge on any atom is -0.484 e. The maximum atomic E-state index is 6.03. The van der Waals surface area contributed by atoms with E-state index in [-0.39, 0.29) is 6.61 Å². The molecule has 0 aliphatic heterocycles. The standard InChI is InChI=1S/C20H14Cl2N2O2S/c21-17-8-5-13(9-18(17)22)12-27-20-24-23-19(26-20)11-25-16-7-6-14-3-1-2-4-15(14)10-16/h1-10H,11-12H2. The molecule has 27 heavy (non-hydrogen) atoms. The molecule has 0 radical (unpaired) electrons. The number of ether oxygens (including phenoxy) is 1. The quantitative estimate of drug-likeness (QED) is 0.340. The second kappa shape index (κ2) is 8.21. The van der Waals surface area contributed by atoms with E-state index in [2.05, 4.69) is 16.3 Å². The van der Waals surface area contributed by atoms with Crippen molar-refractivity contribution in [2.45, 2.75) is 17.6 Å². The molecule has 0 amide bonds. The van der Waals surface area contributed by atoms with E-state index >= 15 is 0 Å². The van der Waals surface area contributed by atoms with Gasteiger partial charge in [-0.05, 0) is 40.6 Å². The first-order chi connectivity index (χ1) is 13.2. The van der Waals surface area contributed by atoms with E-state index in [1.807, 2.05) is 48.5 Å². The Morgan fingerprint density at radius 3 is 2.59 bits per heavy atom. The van der Waals surface area contributed by atoms with Gasteiger partial charge in [-0.3, -0.25) is 0 Å². The molecule has 0 aliphatic rings. The Hall–Kier alpha value is -2.21. The molecule has 0 N–H and O–H groups in total. The summed E-state index contributed by atoms with van der Waals surface area (Å²) in [6.07, 6.45) is 0. The molecule has 4 rings (SSSR count). The van der Waals surface area contributed by atoms with Gasteiger partial charge in [-0.15, -0.1) is 10.2 Å². The van der Waals surface area contributed by atoms with Crippen LogP contribution in [0.5, 0.6) is 5.75 Å². The van der Waals surface area contributed by atoms with Gasteiger partial charge in [-0.25, -0.2) is 0 Å². The first kappa shape index (κ1) is 18.2. The summed E-state index contributed by atoms with van der Waals surface area (Å²) in [7, 11) is 0. The average Bonchev–Trinajstić information content (AvgIpc) is 3.15. The molecule has 0 bridgehead atoms. The summed E-state index contributed by atoms with van der Waals surface area (Å²) >= 11 is 13.4. The van der Waals surface area contributed by atoms with Gasteiger partial charge in [0.1, 0.15) is 5.75 Å². The number of halogens is 2. The second-order valence-electron chi connectivity index (χ2n) is 5.80. The lowest BCUT2D eigenvalue weighted by Crippen LogP contribution is -1.95. The molecule has 7 heteroatoms. The Morgan fingerprint density at radius 2 is 1.74 bits per heavy atom. The predicted molar refractivity (Wildman–Crippen MR) is 109 cm³/mol. The first-order valence-corrected chi connectivity index (χ1v) is 9.92. The number of thioether (sulfide) groups is 1. The maximum absolute atomic E-state index is 6.03. The van der Waals surface area contributed by atoms with E-state index < -0.39 is 0 Å². The van der Waals surface area contributed by atoms with Crippen LogP contribution in [0.15, 0.2) is 70.3 Å². The van der Waals surface area contributed by atoms with Gasteiger partial charge in [0.2, 0.25) is 0 Å². The molecule has 1 heterocycles. The Balaban J connectivity index is 1.35. The summed E-state index contributed by atoms with van der Waals surface area (Å²) in [6.45, 7) is 0.221. The fourth-order valence-electron chi connectivity index (χ4n) is 2.53. The molecule has 0 spiro atoms. The summed E-state index contributed by atoms with van der Waals surface area (Å²) < 4.78 is 11.4. The molecule has 0 atom stereocenters. The van der Waals surface area contributed by atoms with Gasteiger partial charge in [0.15, 0.2) is 6.61 Å². The highest BCUT2D eigenvalue weighted by Crippen LogP contribution is 2.27. The van der Waals surface area contributed by atoms with E-state index in [1.54, 1.807) is 6.07 Å². The van der Waals surface area contributed by atoms with Gasteiger partial charge in [0.25, 0.3) is 11.1 Å². The molecule has 0 saturated heterocycles. The maximum Gasteiger partial charge on any atom is 0.277 e. The third-order valence-electron chi connectivity index (χ3n) is 3.88. The first-order valence-electron chi connectivity index (χ1n) is 8.18. The summed E-state index contributed by atoms with van der Waals surface area (Å²) in [5, 5.41) is 11.9. The molecule has 136 valence electrons. The highest BCUT2D eigenvalue weighted by Gasteiger charge is 2.09. The van der Waals surface area contributed by atoms with Crippen LogP contribution < -0.4 is 4.74 Å². The van der Waals surface area contributed by atoms with Crippen LogP contribution in [0, 0.1) is 0 Å². The van der Waals surface area contributed by atoms with Gasteiger partial charge in [0, 0.05) is 5.75 Å². The number of benzene rings is 3. The number of aromatic nitrogens is 2. The highest BCUT2D eigenvalue weighted by atomic mass is 35.5. The van der Waals surface area contributed by atoms with Crippen LogP contribution in [0.3, 0.4) is 0 Å². The molecular weight excluding hydrogens is 403 g/mol. The Labute approximate surface area is 170 Å². The second-order valence-corrected chi connectivity index (χ2v) is 7.54. The van der Waals surface area contributed by atoms with Crippen molar-refractivity contribution in [2.75, 3.05) is 0 Å². The fraction of sp³-hybridized carbons (Fsp3) is 0.100. The topological polar surface area (TPSA) is 48.2 Å². The summed E-state index contributed by atoms with van der Waals surface area (Å²) in [4.78, 5) is 0. The number of hydrogen-bond acceptors (Lipinski definition) is 5. The Morgan fingerprint density at radius 1 is 0.889 bits per heavy atom. The van der Waals surface area contributed by atoms with Crippen LogP contribution in [0.2, 0.25) is 10.0 Å². The normalized spacial score (nSPS) is 11.0. The minimum absolute atomic E-state index is 0.221. The zero-order chi connectivity index (χ0) is 18.6. The summed E-state index contributed by atoms with van der Waals surface area (Å²) in [5.41, 5.74) is 1.03. The van der Waals surface area contributed by atoms with Crippen LogP contribution in [0.1, 0.15) is 11.5 Å². The third kappa shape index (κ3) is 4.56. The number of fused-ring (bicyclic) bond motifs is 1. The lowest BCUT2D eigenvalue weighted by Gasteiger charge is -2.04. The molecule has 4 nitrogen and oxygen atoms in total. The summed E-state index contributed by atoms with van der Waals surface area (Å²) in [6, 6.07) is 19.6.